The Morgan fingerprint density at radius 3 is 2.17 bits per heavy atom. The van der Waals surface area contributed by atoms with E-state index in [2.05, 4.69) is 42.2 Å². The molecule has 1 aromatic heterocycles. The number of fused-ring (bicyclic) bond motifs is 3. The number of alkyl halides is 3. The molecular formula is C47H52BrF3N8O7. The lowest BCUT2D eigenvalue weighted by molar-refractivity contribution is -0.148. The van der Waals surface area contributed by atoms with Gasteiger partial charge in [0.05, 0.1) is 12.1 Å². The van der Waals surface area contributed by atoms with Crippen LogP contribution in [-0.4, -0.2) is 112 Å². The number of nitrogens with two attached hydrogens (primary N) is 1. The Morgan fingerprint density at radius 1 is 0.758 bits per heavy atom. The normalized spacial score (nSPS) is 25.5. The van der Waals surface area contributed by atoms with Gasteiger partial charge in [0.15, 0.2) is 0 Å². The number of carbonyl (C=O) groups excluding carboxylic acids is 6. The largest absolute Gasteiger partial charge is 0.488 e. The van der Waals surface area contributed by atoms with Crippen molar-refractivity contribution in [2.75, 3.05) is 19.6 Å². The average Bonchev–Trinajstić information content (AvgIpc) is 4.13. The molecule has 4 aliphatic rings. The predicted molar refractivity (Wildman–Crippen MR) is 239 cm³/mol. The minimum Gasteiger partial charge on any atom is -0.488 e. The molecule has 7 N–H and O–H groups in total. The Hall–Kier alpha value is -5.95. The Morgan fingerprint density at radius 2 is 1.45 bits per heavy atom. The number of carbonyl (C=O) groups is 6. The molecule has 6 amide bonds. The van der Waals surface area contributed by atoms with Crippen molar-refractivity contribution in [3.63, 3.8) is 0 Å². The molecule has 0 radical (unpaired) electrons. The quantitative estimate of drug-likeness (QED) is 0.152. The summed E-state index contributed by atoms with van der Waals surface area (Å²) >= 11 is 3.41. The van der Waals surface area contributed by atoms with E-state index in [0.29, 0.717) is 30.6 Å². The molecule has 3 aromatic carbocycles. The van der Waals surface area contributed by atoms with E-state index in [1.54, 1.807) is 30.5 Å². The molecule has 8 rings (SSSR count). The number of rotatable bonds is 8. The van der Waals surface area contributed by atoms with Gasteiger partial charge in [-0.05, 0) is 92.2 Å². The summed E-state index contributed by atoms with van der Waals surface area (Å²) in [4.78, 5) is 94.0. The molecule has 0 bridgehead atoms. The van der Waals surface area contributed by atoms with Gasteiger partial charge in [0.25, 0.3) is 0 Å². The van der Waals surface area contributed by atoms with Gasteiger partial charge in [-0.3, -0.25) is 28.8 Å². The summed E-state index contributed by atoms with van der Waals surface area (Å²) in [5, 5.41) is 12.3. The Balaban J connectivity index is 1.18. The van der Waals surface area contributed by atoms with Crippen LogP contribution in [0.1, 0.15) is 68.1 Å². The lowest BCUT2D eigenvalue weighted by atomic mass is 9.93. The highest BCUT2D eigenvalue weighted by Gasteiger charge is 2.49. The van der Waals surface area contributed by atoms with E-state index in [-0.39, 0.29) is 70.1 Å². The second kappa shape index (κ2) is 19.5. The number of ether oxygens (including phenoxy) is 1. The monoisotopic (exact) mass is 976 g/mol. The third-order valence-corrected chi connectivity index (χ3v) is 13.7. The first kappa shape index (κ1) is 46.6. The van der Waals surface area contributed by atoms with Crippen LogP contribution in [0.2, 0.25) is 0 Å². The fraction of sp³-hybridized carbons (Fsp3) is 0.447. The Labute approximate surface area is 387 Å². The van der Waals surface area contributed by atoms with Crippen molar-refractivity contribution < 1.29 is 46.7 Å². The van der Waals surface area contributed by atoms with E-state index in [1.807, 2.05) is 24.3 Å². The lowest BCUT2D eigenvalue weighted by Crippen LogP contribution is -2.65. The van der Waals surface area contributed by atoms with Crippen molar-refractivity contribution >= 4 is 62.3 Å². The van der Waals surface area contributed by atoms with Gasteiger partial charge in [-0.1, -0.05) is 59.1 Å². The zero-order chi connectivity index (χ0) is 46.8. The first-order valence-corrected chi connectivity index (χ1v) is 23.1. The molecule has 66 heavy (non-hydrogen) atoms. The number of amides is 6. The van der Waals surface area contributed by atoms with E-state index in [4.69, 9.17) is 10.5 Å². The summed E-state index contributed by atoms with van der Waals surface area (Å²) in [7, 11) is 0. The van der Waals surface area contributed by atoms with E-state index < -0.39 is 89.0 Å². The van der Waals surface area contributed by atoms with Crippen LogP contribution >= 0.6 is 15.9 Å². The third kappa shape index (κ3) is 10.1. The molecule has 4 heterocycles. The van der Waals surface area contributed by atoms with Crippen molar-refractivity contribution in [1.82, 2.24) is 36.1 Å². The van der Waals surface area contributed by atoms with E-state index in [0.717, 1.165) is 27.5 Å². The van der Waals surface area contributed by atoms with E-state index in [9.17, 15) is 41.9 Å². The van der Waals surface area contributed by atoms with Crippen molar-refractivity contribution in [2.45, 2.75) is 112 Å². The number of H-pyrrole nitrogens is 1. The molecule has 350 valence electrons. The average molecular weight is 978 g/mol. The van der Waals surface area contributed by atoms with Crippen LogP contribution in [0.3, 0.4) is 0 Å². The number of aromatic amines is 1. The second-order valence-electron chi connectivity index (χ2n) is 17.6. The second-order valence-corrected chi connectivity index (χ2v) is 18.5. The van der Waals surface area contributed by atoms with Gasteiger partial charge < -0.3 is 46.5 Å². The summed E-state index contributed by atoms with van der Waals surface area (Å²) in [6.07, 6.45) is -1.70. The molecule has 4 fully saturated rings. The van der Waals surface area contributed by atoms with Crippen molar-refractivity contribution in [3.8, 4) is 5.75 Å². The van der Waals surface area contributed by atoms with Crippen LogP contribution in [0.4, 0.5) is 13.2 Å². The first-order chi connectivity index (χ1) is 31.6. The molecule has 15 nitrogen and oxygen atoms in total. The van der Waals surface area contributed by atoms with Gasteiger partial charge in [0.2, 0.25) is 35.4 Å². The number of nitrogens with zero attached hydrogens (tertiary/aromatic N) is 2. The lowest BCUT2D eigenvalue weighted by Gasteiger charge is -2.35. The summed E-state index contributed by atoms with van der Waals surface area (Å²) in [6.45, 7) is 0.140. The molecule has 3 aliphatic heterocycles. The van der Waals surface area contributed by atoms with Crippen LogP contribution in [0.25, 0.3) is 10.9 Å². The number of halogens is 4. The number of aromatic nitrogens is 1. The number of hydrogen-bond acceptors (Lipinski definition) is 8. The molecular weight excluding hydrogens is 925 g/mol. The van der Waals surface area contributed by atoms with Crippen molar-refractivity contribution in [3.05, 3.63) is 100 Å². The maximum Gasteiger partial charge on any atom is 0.416 e. The maximum absolute atomic E-state index is 14.8. The Bertz CT molecular complexity index is 2460. The smallest absolute Gasteiger partial charge is 0.416 e. The minimum atomic E-state index is -4.62. The van der Waals surface area contributed by atoms with Gasteiger partial charge in [0.1, 0.15) is 47.6 Å². The molecule has 3 saturated heterocycles. The van der Waals surface area contributed by atoms with Gasteiger partial charge >= 0.3 is 6.18 Å². The van der Waals surface area contributed by atoms with Crippen molar-refractivity contribution in [2.24, 2.45) is 5.73 Å². The predicted octanol–water partition coefficient (Wildman–Crippen LogP) is 4.02. The van der Waals surface area contributed by atoms with Gasteiger partial charge in [-0.2, -0.15) is 13.2 Å². The molecule has 19 heteroatoms. The highest BCUT2D eigenvalue weighted by Crippen LogP contribution is 2.33. The molecule has 1 aliphatic carbocycles. The van der Waals surface area contributed by atoms with Crippen molar-refractivity contribution in [1.29, 1.82) is 0 Å². The summed E-state index contributed by atoms with van der Waals surface area (Å²) < 4.78 is 47.8. The zero-order valence-corrected chi connectivity index (χ0v) is 37.6. The molecule has 0 unspecified atom stereocenters. The van der Waals surface area contributed by atoms with Crippen LogP contribution < -0.4 is 31.7 Å². The fourth-order valence-electron chi connectivity index (χ4n) is 9.73. The molecule has 4 aromatic rings. The highest BCUT2D eigenvalue weighted by atomic mass is 79.9. The standard InChI is InChI=1S/C47H52BrF3N8O7/c48-30-13-15-31(16-14-30)66-32-24-39-42(62)55-36(22-27-9-11-29(12-10-27)47(49,50)51)41(61)57-46(18-3-4-19-46)45(65)56-37(23-28-25-53-34-7-2-1-6-33(28)34)40(60)54-35(17-20-52)43(63)58-21-5-8-38(58)44(64)59(39)26-32/h1-2,6-7,9-16,25,32,35-39,53H,3-5,8,17-24,26,52H2,(H,54,60)(H,55,62)(H,56,65)(H,57,61)/t32-,35-,36-,37-,38+,39+/m0/s1. The zero-order valence-electron chi connectivity index (χ0n) is 36.0. The van der Waals surface area contributed by atoms with Crippen LogP contribution in [0.15, 0.2) is 83.5 Å². The number of nitrogens with one attached hydrogen (secondary N) is 5. The van der Waals surface area contributed by atoms with Gasteiger partial charge in [-0.15, -0.1) is 0 Å². The minimum absolute atomic E-state index is 0.00105. The molecule has 1 saturated carbocycles. The summed E-state index contributed by atoms with van der Waals surface area (Å²) in [5.74, 6) is -3.44. The summed E-state index contributed by atoms with van der Waals surface area (Å²) in [5.41, 5.74) is 5.35. The Kier molecular flexibility index (Phi) is 13.8. The first-order valence-electron chi connectivity index (χ1n) is 22.3. The number of para-hydroxylation sites is 1. The van der Waals surface area contributed by atoms with Gasteiger partial charge in [0, 0.05) is 47.4 Å². The van der Waals surface area contributed by atoms with Crippen LogP contribution in [-0.2, 0) is 47.8 Å². The maximum atomic E-state index is 14.8. The van der Waals surface area contributed by atoms with E-state index in [1.165, 1.54) is 21.9 Å². The SMILES string of the molecule is NCC[C@@H]1NC(=O)[C@H](Cc2c[nH]c3ccccc23)NC(=O)C2(CCCC2)NC(=O)[C@H](Cc2ccc(C(F)(F)F)cc2)NC(=O)[C@H]2C[C@H](Oc3ccc(Br)cc3)CN2C(=O)[C@H]2CCCN2C1=O. The topological polar surface area (TPSA) is 208 Å². The molecule has 6 atom stereocenters. The fourth-order valence-corrected chi connectivity index (χ4v) is 10.00. The van der Waals surface area contributed by atoms with E-state index >= 15 is 0 Å². The highest BCUT2D eigenvalue weighted by molar-refractivity contribution is 9.10. The van der Waals surface area contributed by atoms with Crippen LogP contribution in [0.5, 0.6) is 5.75 Å². The third-order valence-electron chi connectivity index (χ3n) is 13.2. The number of benzene rings is 3. The summed E-state index contributed by atoms with van der Waals surface area (Å²) in [6, 6.07) is 12.6. The van der Waals surface area contributed by atoms with Crippen LogP contribution in [0, 0.1) is 0 Å². The molecule has 1 spiro atoms. The van der Waals surface area contributed by atoms with Gasteiger partial charge in [-0.25, -0.2) is 0 Å². The number of hydrogen-bond donors (Lipinski definition) is 6.